The Labute approximate surface area is 336 Å². The first-order valence-electron chi connectivity index (χ1n) is 24.1. The summed E-state index contributed by atoms with van der Waals surface area (Å²) in [6.45, 7) is 0. The van der Waals surface area contributed by atoms with E-state index in [0.717, 1.165) is 38.6 Å². The molecule has 11 aromatic rings. The third kappa shape index (κ3) is 5.20. The van der Waals surface area contributed by atoms with E-state index in [4.69, 9.17) is 19.8 Å². The molecule has 0 aliphatic heterocycles. The lowest BCUT2D eigenvalue weighted by atomic mass is 9.96. The van der Waals surface area contributed by atoms with Gasteiger partial charge in [0, 0.05) is 44.0 Å². The summed E-state index contributed by atoms with van der Waals surface area (Å²) in [4.78, 5) is 1.63. The SMILES string of the molecule is [2H]c1c([2H])c([2H])c(N(c2ccc(-c3ccccc3)cc2)c2ccc(-c3cccc4c3oc3ccccc34)cc2)c(-c2c([2H])c([2H])c([2H])c3oc4c([2H])c5c([2H])c([2H])c([2H])c([2H])c5c([2H])c4c23)c1[2H]. The topological polar surface area (TPSA) is 29.5 Å². The maximum absolute atomic E-state index is 9.66. The quantitative estimate of drug-likeness (QED) is 0.172. The molecule has 0 radical (unpaired) electrons. The fourth-order valence-corrected chi connectivity index (χ4v) is 7.36. The standard InChI is InChI=1S/C52H33NO2/c1-2-12-34(13-3-1)35-24-28-39(29-25-35)53(40-30-26-36(27-31-40)41-18-10-20-45-43-17-7-9-22-48(43)55-52(41)45)47-21-8-6-16-42(47)44-19-11-23-49-51(44)46-32-37-14-4-5-15-38(37)33-50(46)54-49/h1-33H/i4D,5D,6D,8D,11D,14D,15D,16D,19D,21D,23D,32D,33D. The summed E-state index contributed by atoms with van der Waals surface area (Å²) >= 11 is 0. The van der Waals surface area contributed by atoms with Crippen molar-refractivity contribution in [2.24, 2.45) is 0 Å². The van der Waals surface area contributed by atoms with Crippen LogP contribution in [-0.2, 0) is 0 Å². The summed E-state index contributed by atoms with van der Waals surface area (Å²) in [7, 11) is 0. The highest BCUT2D eigenvalue weighted by Gasteiger charge is 2.21. The highest BCUT2D eigenvalue weighted by molar-refractivity contribution is 6.17. The Hall–Kier alpha value is -7.36. The van der Waals surface area contributed by atoms with Crippen LogP contribution in [0, 0.1) is 0 Å². The molecule has 9 aromatic carbocycles. The van der Waals surface area contributed by atoms with Crippen LogP contribution in [0.5, 0.6) is 0 Å². The van der Waals surface area contributed by atoms with Crippen LogP contribution in [0.25, 0.3) is 88.0 Å². The van der Waals surface area contributed by atoms with E-state index >= 15 is 0 Å². The molecule has 0 bridgehead atoms. The van der Waals surface area contributed by atoms with Gasteiger partial charge in [-0.05, 0) is 87.5 Å². The summed E-state index contributed by atoms with van der Waals surface area (Å²) in [5, 5.41) is 0.868. The molecule has 0 aliphatic carbocycles. The number of hydrogen-bond acceptors (Lipinski definition) is 3. The third-order valence-electron chi connectivity index (χ3n) is 9.91. The Morgan fingerprint density at radius 3 is 1.87 bits per heavy atom. The molecule has 0 fully saturated rings. The van der Waals surface area contributed by atoms with Crippen molar-refractivity contribution in [2.75, 3.05) is 4.90 Å². The second-order valence-electron chi connectivity index (χ2n) is 13.1. The van der Waals surface area contributed by atoms with Gasteiger partial charge in [0.2, 0.25) is 0 Å². The van der Waals surface area contributed by atoms with Gasteiger partial charge in [-0.3, -0.25) is 0 Å². The van der Waals surface area contributed by atoms with E-state index in [0.29, 0.717) is 17.0 Å². The fraction of sp³-hybridized carbons (Fsp3) is 0. The molecule has 2 heterocycles. The van der Waals surface area contributed by atoms with Gasteiger partial charge in [0.25, 0.3) is 0 Å². The van der Waals surface area contributed by atoms with Crippen molar-refractivity contribution in [3.05, 3.63) is 200 Å². The average Bonchev–Trinajstić information content (AvgIpc) is 3.96. The van der Waals surface area contributed by atoms with Crippen LogP contribution in [0.1, 0.15) is 17.8 Å². The van der Waals surface area contributed by atoms with Crippen molar-refractivity contribution in [2.45, 2.75) is 0 Å². The van der Waals surface area contributed by atoms with Gasteiger partial charge in [0.1, 0.15) is 22.3 Å². The number of furan rings is 2. The van der Waals surface area contributed by atoms with E-state index in [2.05, 4.69) is 0 Å². The van der Waals surface area contributed by atoms with Crippen LogP contribution >= 0.6 is 0 Å². The Bertz CT molecular complexity index is 3940. The molecule has 0 aliphatic rings. The summed E-state index contributed by atoms with van der Waals surface area (Å²) in [5.41, 5.74) is 4.27. The molecule has 3 heteroatoms. The first-order valence-corrected chi connectivity index (χ1v) is 17.6. The van der Waals surface area contributed by atoms with Crippen LogP contribution in [0.15, 0.2) is 209 Å². The summed E-state index contributed by atoms with van der Waals surface area (Å²) < 4.78 is 130. The van der Waals surface area contributed by atoms with Gasteiger partial charge >= 0.3 is 0 Å². The van der Waals surface area contributed by atoms with E-state index in [-0.39, 0.29) is 49.5 Å². The second kappa shape index (κ2) is 12.6. The van der Waals surface area contributed by atoms with E-state index in [1.165, 1.54) is 0 Å². The highest BCUT2D eigenvalue weighted by atomic mass is 16.3. The van der Waals surface area contributed by atoms with Gasteiger partial charge in [-0.15, -0.1) is 0 Å². The molecule has 11 rings (SSSR count). The van der Waals surface area contributed by atoms with Crippen molar-refractivity contribution < 1.29 is 26.7 Å². The molecule has 0 unspecified atom stereocenters. The molecule has 2 aromatic heterocycles. The van der Waals surface area contributed by atoms with E-state index in [9.17, 15) is 6.85 Å². The zero-order valence-electron chi connectivity index (χ0n) is 41.8. The average molecular weight is 717 g/mol. The normalized spacial score (nSPS) is 14.9. The molecular weight excluding hydrogens is 671 g/mol. The Kier molecular flexibility index (Phi) is 4.78. The molecule has 0 spiro atoms. The molecule has 3 nitrogen and oxygen atoms in total. The van der Waals surface area contributed by atoms with Crippen molar-refractivity contribution in [3.63, 3.8) is 0 Å². The minimum absolute atomic E-state index is 0.141. The Morgan fingerprint density at radius 1 is 0.400 bits per heavy atom. The number of nitrogens with zero attached hydrogens (tertiary/aromatic N) is 1. The number of fused-ring (bicyclic) bond motifs is 7. The number of para-hydroxylation sites is 3. The minimum Gasteiger partial charge on any atom is -0.456 e. The predicted molar refractivity (Wildman–Crippen MR) is 229 cm³/mol. The molecule has 0 atom stereocenters. The molecule has 258 valence electrons. The van der Waals surface area contributed by atoms with Crippen LogP contribution < -0.4 is 4.90 Å². The lowest BCUT2D eigenvalue weighted by Gasteiger charge is -2.28. The molecule has 0 amide bonds. The van der Waals surface area contributed by atoms with Gasteiger partial charge in [-0.25, -0.2) is 0 Å². The Morgan fingerprint density at radius 2 is 1.05 bits per heavy atom. The molecule has 0 saturated heterocycles. The number of hydrogen-bond donors (Lipinski definition) is 0. The van der Waals surface area contributed by atoms with Gasteiger partial charge in [-0.2, -0.15) is 0 Å². The summed E-state index contributed by atoms with van der Waals surface area (Å²) in [6, 6.07) is 30.3. The Balaban J connectivity index is 1.23. The lowest BCUT2D eigenvalue weighted by molar-refractivity contribution is 0.669. The summed E-state index contributed by atoms with van der Waals surface area (Å²) in [5.74, 6) is 0. The van der Waals surface area contributed by atoms with E-state index in [1.54, 1.807) is 29.2 Å². The number of benzene rings is 9. The van der Waals surface area contributed by atoms with Gasteiger partial charge in [0.15, 0.2) is 0 Å². The van der Waals surface area contributed by atoms with Crippen molar-refractivity contribution >= 4 is 71.7 Å². The van der Waals surface area contributed by atoms with Gasteiger partial charge < -0.3 is 13.7 Å². The van der Waals surface area contributed by atoms with E-state index < -0.39 is 78.6 Å². The molecule has 55 heavy (non-hydrogen) atoms. The van der Waals surface area contributed by atoms with Crippen molar-refractivity contribution in [1.82, 2.24) is 0 Å². The monoisotopic (exact) mass is 716 g/mol. The smallest absolute Gasteiger partial charge is 0.143 e. The largest absolute Gasteiger partial charge is 0.456 e. The summed E-state index contributed by atoms with van der Waals surface area (Å²) in [6.07, 6.45) is 0. The number of anilines is 3. The lowest BCUT2D eigenvalue weighted by Crippen LogP contribution is -2.11. The van der Waals surface area contributed by atoms with Crippen LogP contribution in [-0.4, -0.2) is 0 Å². The fourth-order valence-electron chi connectivity index (χ4n) is 7.36. The minimum atomic E-state index is -0.670. The maximum atomic E-state index is 9.66. The molecule has 0 N–H and O–H groups in total. The number of rotatable bonds is 6. The third-order valence-corrected chi connectivity index (χ3v) is 9.91. The maximum Gasteiger partial charge on any atom is 0.143 e. The second-order valence-corrected chi connectivity index (χ2v) is 13.1. The van der Waals surface area contributed by atoms with E-state index in [1.807, 2.05) is 97.1 Å². The first-order chi connectivity index (χ1) is 32.7. The predicted octanol–water partition coefficient (Wildman–Crippen LogP) is 15.1. The van der Waals surface area contributed by atoms with Crippen molar-refractivity contribution in [3.8, 4) is 33.4 Å². The molecule has 0 saturated carbocycles. The van der Waals surface area contributed by atoms with Crippen LogP contribution in [0.4, 0.5) is 17.1 Å². The van der Waals surface area contributed by atoms with Crippen molar-refractivity contribution in [1.29, 1.82) is 0 Å². The highest BCUT2D eigenvalue weighted by Crippen LogP contribution is 2.46. The van der Waals surface area contributed by atoms with Crippen LogP contribution in [0.2, 0.25) is 0 Å². The molecular formula is C52H33NO2. The first kappa shape index (κ1) is 20.8. The zero-order valence-corrected chi connectivity index (χ0v) is 28.8. The van der Waals surface area contributed by atoms with Crippen LogP contribution in [0.3, 0.4) is 0 Å². The zero-order chi connectivity index (χ0) is 47.6. The van der Waals surface area contributed by atoms with Gasteiger partial charge in [0.05, 0.1) is 23.5 Å². The van der Waals surface area contributed by atoms with Gasteiger partial charge in [-0.1, -0.05) is 145 Å².